The molecule has 0 unspecified atom stereocenters. The molecule has 0 aliphatic carbocycles. The molecule has 5 rings (SSSR count). The lowest BCUT2D eigenvalue weighted by Gasteiger charge is -2.60. The second-order valence-electron chi connectivity index (χ2n) is 9.38. The van der Waals surface area contributed by atoms with Gasteiger partial charge in [-0.3, -0.25) is 0 Å². The summed E-state index contributed by atoms with van der Waals surface area (Å²) in [6.07, 6.45) is 1.93. The molecule has 0 amide bonds. The van der Waals surface area contributed by atoms with Crippen LogP contribution in [0.3, 0.4) is 0 Å². The molecule has 4 heterocycles. The normalized spacial score (nSPS) is 18.2. The molecule has 1 N–H and O–H groups in total. The zero-order valence-corrected chi connectivity index (χ0v) is 19.2. The number of anilines is 2. The summed E-state index contributed by atoms with van der Waals surface area (Å²) in [6, 6.07) is 10.3. The molecule has 0 saturated carbocycles. The van der Waals surface area contributed by atoms with Crippen LogP contribution in [0.2, 0.25) is 0 Å². The first kappa shape index (κ1) is 20.7. The molecule has 7 nitrogen and oxygen atoms in total. The van der Waals surface area contributed by atoms with Gasteiger partial charge in [0.05, 0.1) is 23.4 Å². The Labute approximate surface area is 189 Å². The van der Waals surface area contributed by atoms with Gasteiger partial charge >= 0.3 is 0 Å². The highest BCUT2D eigenvalue weighted by molar-refractivity contribution is 5.94. The van der Waals surface area contributed by atoms with Gasteiger partial charge in [-0.2, -0.15) is 10.4 Å². The largest absolute Gasteiger partial charge is 0.362 e. The summed E-state index contributed by atoms with van der Waals surface area (Å²) in [5, 5.41) is 23.8. The van der Waals surface area contributed by atoms with E-state index >= 15 is 0 Å². The number of rotatable bonds is 5. The van der Waals surface area contributed by atoms with Crippen LogP contribution in [-0.2, 0) is 0 Å². The molecule has 1 spiro atoms. The summed E-state index contributed by atoms with van der Waals surface area (Å²) >= 11 is 0. The predicted molar refractivity (Wildman–Crippen MR) is 127 cm³/mol. The molecule has 32 heavy (non-hydrogen) atoms. The van der Waals surface area contributed by atoms with Gasteiger partial charge in [-0.25, -0.2) is 4.98 Å². The van der Waals surface area contributed by atoms with E-state index in [0.29, 0.717) is 11.0 Å². The van der Waals surface area contributed by atoms with Crippen LogP contribution < -0.4 is 10.2 Å². The van der Waals surface area contributed by atoms with E-state index in [9.17, 15) is 5.26 Å². The first-order valence-electron chi connectivity index (χ1n) is 11.3. The van der Waals surface area contributed by atoms with Crippen LogP contribution in [0.1, 0.15) is 42.3 Å². The lowest BCUT2D eigenvalue weighted by molar-refractivity contribution is -0.0181. The second-order valence-corrected chi connectivity index (χ2v) is 9.38. The number of nitrogens with zero attached hydrogens (tertiary/aromatic N) is 6. The number of hydrogen-bond donors (Lipinski definition) is 1. The Balaban J connectivity index is 1.42. The van der Waals surface area contributed by atoms with Crippen LogP contribution in [0.15, 0.2) is 30.5 Å². The highest BCUT2D eigenvalue weighted by Crippen LogP contribution is 2.42. The summed E-state index contributed by atoms with van der Waals surface area (Å²) in [6.45, 7) is 14.0. The molecular weight excluding hydrogens is 398 g/mol. The number of aryl methyl sites for hydroxylation is 1. The van der Waals surface area contributed by atoms with Gasteiger partial charge in [-0.05, 0) is 50.6 Å². The van der Waals surface area contributed by atoms with Crippen molar-refractivity contribution in [1.29, 1.82) is 5.26 Å². The molecule has 3 aromatic rings. The third-order valence-electron chi connectivity index (χ3n) is 7.09. The zero-order valence-electron chi connectivity index (χ0n) is 19.2. The van der Waals surface area contributed by atoms with Crippen molar-refractivity contribution in [3.05, 3.63) is 52.8 Å². The number of aromatic nitrogens is 3. The Hall–Kier alpha value is -3.24. The first-order chi connectivity index (χ1) is 15.4. The Morgan fingerprint density at radius 2 is 1.94 bits per heavy atom. The van der Waals surface area contributed by atoms with Crippen molar-refractivity contribution in [3.63, 3.8) is 0 Å². The van der Waals surface area contributed by atoms with Crippen LogP contribution >= 0.6 is 0 Å². The number of hydrogen-bond acceptors (Lipinski definition) is 7. The van der Waals surface area contributed by atoms with Gasteiger partial charge in [0.25, 0.3) is 0 Å². The summed E-state index contributed by atoms with van der Waals surface area (Å²) < 4.78 is 0. The van der Waals surface area contributed by atoms with E-state index in [2.05, 4.69) is 57.4 Å². The summed E-state index contributed by atoms with van der Waals surface area (Å²) in [5.41, 5.74) is 4.11. The molecule has 7 heteroatoms. The molecule has 2 fully saturated rings. The van der Waals surface area contributed by atoms with E-state index in [1.54, 1.807) is 0 Å². The number of nitrogens with one attached hydrogen (secondary N) is 1. The van der Waals surface area contributed by atoms with Crippen LogP contribution in [0, 0.1) is 30.6 Å². The van der Waals surface area contributed by atoms with Crippen LogP contribution in [0.5, 0.6) is 0 Å². The minimum Gasteiger partial charge on any atom is -0.362 e. The van der Waals surface area contributed by atoms with Crippen molar-refractivity contribution >= 4 is 22.4 Å². The highest BCUT2D eigenvalue weighted by Gasteiger charge is 2.51. The van der Waals surface area contributed by atoms with E-state index in [4.69, 9.17) is 4.98 Å². The molecule has 2 aromatic heterocycles. The maximum absolute atomic E-state index is 9.38. The number of likely N-dealkylation sites (tertiary alicyclic amines) is 1. The Kier molecular flexibility index (Phi) is 4.98. The van der Waals surface area contributed by atoms with E-state index in [1.807, 2.05) is 32.2 Å². The second kappa shape index (κ2) is 7.72. The smallest absolute Gasteiger partial charge is 0.157 e. The quantitative estimate of drug-likeness (QED) is 0.663. The minimum absolute atomic E-state index is 0.0117. The molecule has 1 aromatic carbocycles. The number of nitriles is 1. The third kappa shape index (κ3) is 3.35. The fraction of sp³-hybridized carbons (Fsp3) is 0.440. The summed E-state index contributed by atoms with van der Waals surface area (Å²) in [5.74, 6) is 1.75. The lowest BCUT2D eigenvalue weighted by atomic mass is 9.73. The standard InChI is InChI=1S/C25H29N7/c1-5-31-12-25(13-31)14-32(15-25)23-9-21-22(11-27-23)18(4)29-30-24(21)28-17(3)20-8-6-7-19(10-26)16(20)2/h6-9,11,17H,5,12-15H2,1-4H3,(H,28,30)/t17-/m1/s1. The lowest BCUT2D eigenvalue weighted by Crippen LogP contribution is -2.72. The molecule has 164 valence electrons. The third-order valence-corrected chi connectivity index (χ3v) is 7.09. The van der Waals surface area contributed by atoms with Crippen molar-refractivity contribution in [1.82, 2.24) is 20.1 Å². The maximum Gasteiger partial charge on any atom is 0.157 e. The molecule has 0 radical (unpaired) electrons. The van der Waals surface area contributed by atoms with Gasteiger partial charge in [0.1, 0.15) is 5.82 Å². The van der Waals surface area contributed by atoms with Gasteiger partial charge in [-0.15, -0.1) is 5.10 Å². The molecule has 0 bridgehead atoms. The predicted octanol–water partition coefficient (Wildman–Crippen LogP) is 3.83. The average Bonchev–Trinajstić information content (AvgIpc) is 2.74. The maximum atomic E-state index is 9.38. The molecule has 2 aliphatic rings. The SMILES string of the molecule is CCN1CC2(C1)CN(c1cc3c(N[C@H](C)c4cccc(C#N)c4C)nnc(C)c3cn1)C2. The Morgan fingerprint density at radius 1 is 1.16 bits per heavy atom. The van der Waals surface area contributed by atoms with Gasteiger partial charge in [0.2, 0.25) is 0 Å². The topological polar surface area (TPSA) is 81.0 Å². The summed E-state index contributed by atoms with van der Waals surface area (Å²) in [4.78, 5) is 9.62. The molecular formula is C25H29N7. The van der Waals surface area contributed by atoms with E-state index in [0.717, 1.165) is 58.9 Å². The average molecular weight is 428 g/mol. The van der Waals surface area contributed by atoms with Crippen molar-refractivity contribution in [2.75, 3.05) is 42.9 Å². The Bertz CT molecular complexity index is 1210. The number of benzene rings is 1. The van der Waals surface area contributed by atoms with Crippen molar-refractivity contribution in [3.8, 4) is 6.07 Å². The van der Waals surface area contributed by atoms with Crippen LogP contribution in [0.4, 0.5) is 11.6 Å². The van der Waals surface area contributed by atoms with E-state index in [1.165, 1.54) is 13.1 Å². The molecule has 2 saturated heterocycles. The fourth-order valence-electron chi connectivity index (χ4n) is 5.22. The highest BCUT2D eigenvalue weighted by atomic mass is 15.3. The summed E-state index contributed by atoms with van der Waals surface area (Å²) in [7, 11) is 0. The minimum atomic E-state index is -0.0117. The van der Waals surface area contributed by atoms with Crippen molar-refractivity contribution in [2.45, 2.75) is 33.7 Å². The number of pyridine rings is 1. The van der Waals surface area contributed by atoms with Gasteiger partial charge in [-0.1, -0.05) is 19.1 Å². The van der Waals surface area contributed by atoms with Gasteiger partial charge < -0.3 is 15.1 Å². The van der Waals surface area contributed by atoms with Crippen LogP contribution in [-0.4, -0.2) is 52.8 Å². The fourth-order valence-corrected chi connectivity index (χ4v) is 5.22. The van der Waals surface area contributed by atoms with Crippen LogP contribution in [0.25, 0.3) is 10.8 Å². The monoisotopic (exact) mass is 427 g/mol. The first-order valence-corrected chi connectivity index (χ1v) is 11.3. The van der Waals surface area contributed by atoms with E-state index < -0.39 is 0 Å². The van der Waals surface area contributed by atoms with Gasteiger partial charge in [0, 0.05) is 48.6 Å². The van der Waals surface area contributed by atoms with Gasteiger partial charge in [0.15, 0.2) is 5.82 Å². The zero-order chi connectivity index (χ0) is 22.5. The van der Waals surface area contributed by atoms with Crippen molar-refractivity contribution in [2.24, 2.45) is 5.41 Å². The molecule has 2 aliphatic heterocycles. The van der Waals surface area contributed by atoms with Crippen molar-refractivity contribution < 1.29 is 0 Å². The Morgan fingerprint density at radius 3 is 2.66 bits per heavy atom. The number of fused-ring (bicyclic) bond motifs is 1. The van der Waals surface area contributed by atoms with E-state index in [-0.39, 0.29) is 6.04 Å². The molecule has 1 atom stereocenters.